The Kier molecular flexibility index (Phi) is 5.41. The Morgan fingerprint density at radius 2 is 1.67 bits per heavy atom. The average molecular weight is 321 g/mol. The first-order valence-electron chi connectivity index (χ1n) is 8.29. The van der Waals surface area contributed by atoms with Crippen molar-refractivity contribution in [2.24, 2.45) is 0 Å². The predicted molar refractivity (Wildman–Crippen MR) is 95.9 cm³/mol. The molecule has 4 heteroatoms. The van der Waals surface area contributed by atoms with Gasteiger partial charge in [0, 0.05) is 18.8 Å². The fraction of sp³-hybridized carbons (Fsp3) is 0.250. The van der Waals surface area contributed by atoms with E-state index in [0.717, 1.165) is 16.9 Å². The monoisotopic (exact) mass is 321 g/mol. The summed E-state index contributed by atoms with van der Waals surface area (Å²) in [5.41, 5.74) is 3.00. The second-order valence-electron chi connectivity index (χ2n) is 6.03. The van der Waals surface area contributed by atoms with Crippen LogP contribution in [-0.2, 0) is 6.54 Å². The van der Waals surface area contributed by atoms with Crippen LogP contribution in [0.5, 0.6) is 0 Å². The van der Waals surface area contributed by atoms with Crippen molar-refractivity contribution in [2.45, 2.75) is 32.0 Å². The Hall–Kier alpha value is -2.43. The minimum absolute atomic E-state index is 0.196. The molecule has 2 N–H and O–H groups in total. The Balaban J connectivity index is 1.51. The molecule has 0 aliphatic heterocycles. The number of para-hydroxylation sites is 1. The fourth-order valence-corrected chi connectivity index (χ4v) is 2.69. The normalized spacial score (nSPS) is 13.6. The summed E-state index contributed by atoms with van der Waals surface area (Å²) in [6.07, 6.45) is 2.19. The number of hydrogen-bond acceptors (Lipinski definition) is 3. The third-order valence-electron chi connectivity index (χ3n) is 4.06. The third-order valence-corrected chi connectivity index (χ3v) is 4.06. The molecule has 3 rings (SSSR count). The first-order valence-corrected chi connectivity index (χ1v) is 8.29. The van der Waals surface area contributed by atoms with Gasteiger partial charge in [-0.15, -0.1) is 0 Å². The van der Waals surface area contributed by atoms with Gasteiger partial charge in [-0.2, -0.15) is 5.10 Å². The van der Waals surface area contributed by atoms with E-state index in [1.165, 1.54) is 0 Å². The van der Waals surface area contributed by atoms with Gasteiger partial charge in [0.2, 0.25) is 0 Å². The van der Waals surface area contributed by atoms with Gasteiger partial charge in [0.1, 0.15) is 0 Å². The van der Waals surface area contributed by atoms with Gasteiger partial charge in [0.05, 0.1) is 17.5 Å². The van der Waals surface area contributed by atoms with Gasteiger partial charge in [0.15, 0.2) is 0 Å². The zero-order valence-corrected chi connectivity index (χ0v) is 13.8. The van der Waals surface area contributed by atoms with Crippen molar-refractivity contribution in [3.05, 3.63) is 84.2 Å². The maximum atomic E-state index is 10.3. The second-order valence-corrected chi connectivity index (χ2v) is 6.03. The van der Waals surface area contributed by atoms with Crippen molar-refractivity contribution >= 4 is 0 Å². The van der Waals surface area contributed by atoms with E-state index in [0.29, 0.717) is 13.0 Å². The van der Waals surface area contributed by atoms with Crippen molar-refractivity contribution in [3.8, 4) is 5.69 Å². The zero-order chi connectivity index (χ0) is 16.8. The highest BCUT2D eigenvalue weighted by Gasteiger charge is 2.12. The van der Waals surface area contributed by atoms with Crippen LogP contribution in [0, 0.1) is 0 Å². The summed E-state index contributed by atoms with van der Waals surface area (Å²) >= 11 is 0. The van der Waals surface area contributed by atoms with Gasteiger partial charge >= 0.3 is 0 Å². The van der Waals surface area contributed by atoms with Crippen molar-refractivity contribution in [2.75, 3.05) is 0 Å². The van der Waals surface area contributed by atoms with Gasteiger partial charge in [0.25, 0.3) is 0 Å². The van der Waals surface area contributed by atoms with E-state index in [1.807, 2.05) is 77.6 Å². The average Bonchev–Trinajstić information content (AvgIpc) is 3.10. The molecular formula is C20H23N3O. The Morgan fingerprint density at radius 3 is 2.38 bits per heavy atom. The summed E-state index contributed by atoms with van der Waals surface area (Å²) in [5, 5.41) is 18.3. The van der Waals surface area contributed by atoms with Crippen LogP contribution in [0.1, 0.15) is 30.7 Å². The number of aromatic nitrogens is 2. The molecule has 0 fully saturated rings. The van der Waals surface area contributed by atoms with Gasteiger partial charge in [-0.3, -0.25) is 0 Å². The molecule has 4 nitrogen and oxygen atoms in total. The van der Waals surface area contributed by atoms with Crippen molar-refractivity contribution in [1.82, 2.24) is 15.1 Å². The van der Waals surface area contributed by atoms with Crippen LogP contribution in [0.15, 0.2) is 72.9 Å². The van der Waals surface area contributed by atoms with E-state index < -0.39 is 6.10 Å². The highest BCUT2D eigenvalue weighted by molar-refractivity contribution is 5.30. The summed E-state index contributed by atoms with van der Waals surface area (Å²) in [5.74, 6) is 0. The molecule has 0 saturated heterocycles. The highest BCUT2D eigenvalue weighted by Crippen LogP contribution is 2.17. The largest absolute Gasteiger partial charge is 0.388 e. The Bertz CT molecular complexity index is 740. The summed E-state index contributed by atoms with van der Waals surface area (Å²) in [6.45, 7) is 2.77. The van der Waals surface area contributed by atoms with Crippen LogP contribution in [0.3, 0.4) is 0 Å². The first-order chi connectivity index (χ1) is 11.7. The van der Waals surface area contributed by atoms with Gasteiger partial charge in [-0.25, -0.2) is 4.68 Å². The molecule has 1 heterocycles. The number of hydrogen-bond donors (Lipinski definition) is 2. The molecule has 24 heavy (non-hydrogen) atoms. The first kappa shape index (κ1) is 16.4. The van der Waals surface area contributed by atoms with Crippen molar-refractivity contribution < 1.29 is 5.11 Å². The molecule has 1 aromatic heterocycles. The lowest BCUT2D eigenvalue weighted by Gasteiger charge is -2.17. The molecule has 2 aromatic carbocycles. The zero-order valence-electron chi connectivity index (χ0n) is 13.8. The molecule has 0 aliphatic carbocycles. The number of benzene rings is 2. The minimum Gasteiger partial charge on any atom is -0.388 e. The molecule has 0 spiro atoms. The van der Waals surface area contributed by atoms with Gasteiger partial charge in [-0.05, 0) is 37.1 Å². The molecule has 0 saturated carbocycles. The maximum Gasteiger partial charge on any atom is 0.0804 e. The number of nitrogens with one attached hydrogen (secondary N) is 1. The summed E-state index contributed by atoms with van der Waals surface area (Å²) in [7, 11) is 0. The number of rotatable bonds is 7. The van der Waals surface area contributed by atoms with Crippen LogP contribution >= 0.6 is 0 Å². The summed E-state index contributed by atoms with van der Waals surface area (Å²) < 4.78 is 1.88. The van der Waals surface area contributed by atoms with Crippen LogP contribution in [-0.4, -0.2) is 20.9 Å². The predicted octanol–water partition coefficient (Wildman–Crippen LogP) is 3.47. The van der Waals surface area contributed by atoms with Gasteiger partial charge < -0.3 is 10.4 Å². The lowest BCUT2D eigenvalue weighted by atomic mass is 10.0. The Morgan fingerprint density at radius 1 is 1.00 bits per heavy atom. The Labute approximate surface area is 142 Å². The van der Waals surface area contributed by atoms with Crippen LogP contribution in [0.4, 0.5) is 0 Å². The van der Waals surface area contributed by atoms with Crippen LogP contribution < -0.4 is 5.32 Å². The molecule has 2 unspecified atom stereocenters. The lowest BCUT2D eigenvalue weighted by Crippen LogP contribution is -2.27. The van der Waals surface area contributed by atoms with E-state index >= 15 is 0 Å². The summed E-state index contributed by atoms with van der Waals surface area (Å²) in [6, 6.07) is 22.0. The van der Waals surface area contributed by atoms with Gasteiger partial charge in [-0.1, -0.05) is 48.5 Å². The molecule has 0 radical (unpaired) electrons. The smallest absolute Gasteiger partial charge is 0.0804 e. The maximum absolute atomic E-state index is 10.3. The molecular weight excluding hydrogens is 298 g/mol. The lowest BCUT2D eigenvalue weighted by molar-refractivity contribution is 0.153. The number of aliphatic hydroxyl groups excluding tert-OH is 1. The van der Waals surface area contributed by atoms with E-state index in [-0.39, 0.29) is 6.04 Å². The topological polar surface area (TPSA) is 50.1 Å². The SMILES string of the molecule is CC(CC(O)c1ccccc1)NCc1ccn(-c2ccccc2)n1. The van der Waals surface area contributed by atoms with Crippen molar-refractivity contribution in [1.29, 1.82) is 0 Å². The minimum atomic E-state index is -0.449. The number of aliphatic hydroxyl groups is 1. The molecule has 2 atom stereocenters. The molecule has 0 aliphatic rings. The van der Waals surface area contributed by atoms with Crippen LogP contribution in [0.2, 0.25) is 0 Å². The fourth-order valence-electron chi connectivity index (χ4n) is 2.69. The highest BCUT2D eigenvalue weighted by atomic mass is 16.3. The van der Waals surface area contributed by atoms with E-state index in [9.17, 15) is 5.11 Å². The van der Waals surface area contributed by atoms with Crippen molar-refractivity contribution in [3.63, 3.8) is 0 Å². The second kappa shape index (κ2) is 7.90. The standard InChI is InChI=1S/C20H23N3O/c1-16(14-20(24)17-8-4-2-5-9-17)21-15-18-12-13-23(22-18)19-10-6-3-7-11-19/h2-13,16,20-21,24H,14-15H2,1H3. The quantitative estimate of drug-likeness (QED) is 0.700. The molecule has 0 amide bonds. The molecule has 124 valence electrons. The molecule has 3 aromatic rings. The summed E-state index contributed by atoms with van der Waals surface area (Å²) in [4.78, 5) is 0. The van der Waals surface area contributed by atoms with E-state index in [4.69, 9.17) is 0 Å². The third kappa shape index (κ3) is 4.31. The van der Waals surface area contributed by atoms with E-state index in [1.54, 1.807) is 0 Å². The van der Waals surface area contributed by atoms with E-state index in [2.05, 4.69) is 17.3 Å². The number of nitrogens with zero attached hydrogens (tertiary/aromatic N) is 2. The molecule has 0 bridgehead atoms. The van der Waals surface area contributed by atoms with Crippen LogP contribution in [0.25, 0.3) is 5.69 Å².